The van der Waals surface area contributed by atoms with Crippen LogP contribution in [0.5, 0.6) is 0 Å². The Morgan fingerprint density at radius 2 is 0.841 bits per heavy atom. The molecule has 4 nitrogen and oxygen atoms in total. The van der Waals surface area contributed by atoms with Gasteiger partial charge in [-0.3, -0.25) is 0 Å². The highest BCUT2D eigenvalue weighted by Crippen LogP contribution is 2.47. The Bertz CT molecular complexity index is 2630. The zero-order chi connectivity index (χ0) is 28.8. The highest BCUT2D eigenvalue weighted by Gasteiger charge is 2.23. The number of fused-ring (bicyclic) bond motifs is 11. The lowest BCUT2D eigenvalue weighted by Gasteiger charge is -2.26. The van der Waals surface area contributed by atoms with Crippen molar-refractivity contribution in [1.82, 2.24) is 0 Å². The van der Waals surface area contributed by atoms with E-state index >= 15 is 0 Å². The maximum atomic E-state index is 6.72. The first kappa shape index (κ1) is 23.6. The fourth-order valence-electron chi connectivity index (χ4n) is 6.86. The van der Waals surface area contributed by atoms with Crippen LogP contribution in [0.2, 0.25) is 0 Å². The van der Waals surface area contributed by atoms with Crippen molar-refractivity contribution in [2.45, 2.75) is 0 Å². The van der Waals surface area contributed by atoms with Crippen LogP contribution in [0.4, 0.5) is 17.1 Å². The van der Waals surface area contributed by atoms with Crippen LogP contribution < -0.4 is 4.90 Å². The van der Waals surface area contributed by atoms with Crippen molar-refractivity contribution in [3.05, 3.63) is 140 Å². The summed E-state index contributed by atoms with van der Waals surface area (Å²) >= 11 is 0. The van der Waals surface area contributed by atoms with Crippen molar-refractivity contribution < 1.29 is 13.3 Å². The molecule has 0 amide bonds. The fourth-order valence-corrected chi connectivity index (χ4v) is 6.86. The molecule has 0 aliphatic heterocycles. The van der Waals surface area contributed by atoms with Gasteiger partial charge in [-0.15, -0.1) is 0 Å². The molecule has 0 aliphatic carbocycles. The second-order valence-electron chi connectivity index (χ2n) is 11.3. The van der Waals surface area contributed by atoms with Gasteiger partial charge in [-0.25, -0.2) is 0 Å². The summed E-state index contributed by atoms with van der Waals surface area (Å²) in [6.07, 6.45) is 0. The molecule has 0 N–H and O–H groups in total. The minimum absolute atomic E-state index is 0.846. The number of para-hydroxylation sites is 3. The number of rotatable bonds is 3. The molecule has 7 aromatic carbocycles. The van der Waals surface area contributed by atoms with Gasteiger partial charge in [0.25, 0.3) is 0 Å². The van der Waals surface area contributed by atoms with Crippen LogP contribution in [-0.4, -0.2) is 0 Å². The van der Waals surface area contributed by atoms with Crippen LogP contribution in [-0.2, 0) is 0 Å². The number of nitrogens with zero attached hydrogens (tertiary/aromatic N) is 1. The molecular formula is C40H23NO3. The van der Waals surface area contributed by atoms with Gasteiger partial charge in [0.05, 0.1) is 5.69 Å². The minimum atomic E-state index is 0.846. The van der Waals surface area contributed by atoms with Gasteiger partial charge < -0.3 is 18.2 Å². The Kier molecular flexibility index (Phi) is 4.69. The number of benzene rings is 7. The summed E-state index contributed by atoms with van der Waals surface area (Å²) in [7, 11) is 0. The SMILES string of the molecule is c1ccc2c(c1)cc(N(c1ccc3oc4ccccc4c3c1)c1ccc3oc4ccccc4c3c1)c1oc3ccccc3c12. The van der Waals surface area contributed by atoms with Crippen molar-refractivity contribution in [1.29, 1.82) is 0 Å². The van der Waals surface area contributed by atoms with Gasteiger partial charge in [0.15, 0.2) is 5.58 Å². The molecule has 10 rings (SSSR count). The van der Waals surface area contributed by atoms with E-state index in [0.29, 0.717) is 0 Å². The topological polar surface area (TPSA) is 42.7 Å². The molecule has 0 unspecified atom stereocenters. The molecule has 0 fully saturated rings. The van der Waals surface area contributed by atoms with Gasteiger partial charge in [0, 0.05) is 43.7 Å². The number of hydrogen-bond donors (Lipinski definition) is 0. The lowest BCUT2D eigenvalue weighted by molar-refractivity contribution is 0.668. The Labute approximate surface area is 250 Å². The molecule has 44 heavy (non-hydrogen) atoms. The first-order valence-corrected chi connectivity index (χ1v) is 14.8. The first-order valence-electron chi connectivity index (χ1n) is 14.8. The van der Waals surface area contributed by atoms with Crippen LogP contribution in [0.15, 0.2) is 153 Å². The summed E-state index contributed by atoms with van der Waals surface area (Å²) in [6, 6.07) is 48.4. The predicted molar refractivity (Wildman–Crippen MR) is 180 cm³/mol. The smallest absolute Gasteiger partial charge is 0.160 e. The molecule has 0 saturated carbocycles. The van der Waals surface area contributed by atoms with Gasteiger partial charge >= 0.3 is 0 Å². The maximum Gasteiger partial charge on any atom is 0.160 e. The van der Waals surface area contributed by atoms with Gasteiger partial charge in [-0.2, -0.15) is 0 Å². The van der Waals surface area contributed by atoms with E-state index in [-0.39, 0.29) is 0 Å². The Balaban J connectivity index is 1.33. The number of anilines is 3. The second kappa shape index (κ2) is 8.76. The van der Waals surface area contributed by atoms with Crippen molar-refractivity contribution in [3.63, 3.8) is 0 Å². The van der Waals surface area contributed by atoms with Crippen molar-refractivity contribution in [3.8, 4) is 0 Å². The third-order valence-corrected chi connectivity index (χ3v) is 8.83. The number of furan rings is 3. The van der Waals surface area contributed by atoms with E-state index in [0.717, 1.165) is 88.3 Å². The summed E-state index contributed by atoms with van der Waals surface area (Å²) in [6.45, 7) is 0. The largest absolute Gasteiger partial charge is 0.456 e. The minimum Gasteiger partial charge on any atom is -0.456 e. The van der Waals surface area contributed by atoms with E-state index in [1.54, 1.807) is 0 Å². The van der Waals surface area contributed by atoms with Gasteiger partial charge in [-0.1, -0.05) is 78.9 Å². The molecule has 0 atom stereocenters. The zero-order valence-corrected chi connectivity index (χ0v) is 23.5. The summed E-state index contributed by atoms with van der Waals surface area (Å²) in [5.41, 5.74) is 8.17. The third-order valence-electron chi connectivity index (χ3n) is 8.83. The van der Waals surface area contributed by atoms with E-state index in [1.165, 1.54) is 5.39 Å². The average Bonchev–Trinajstić information content (AvgIpc) is 3.76. The third kappa shape index (κ3) is 3.28. The lowest BCUT2D eigenvalue weighted by atomic mass is 10.0. The van der Waals surface area contributed by atoms with E-state index < -0.39 is 0 Å². The monoisotopic (exact) mass is 565 g/mol. The molecule has 0 radical (unpaired) electrons. The lowest BCUT2D eigenvalue weighted by Crippen LogP contribution is -2.10. The second-order valence-corrected chi connectivity index (χ2v) is 11.3. The molecule has 4 heteroatoms. The van der Waals surface area contributed by atoms with Gasteiger partial charge in [0.1, 0.15) is 27.9 Å². The zero-order valence-electron chi connectivity index (χ0n) is 23.5. The molecule has 10 aromatic rings. The quantitative estimate of drug-likeness (QED) is 0.214. The van der Waals surface area contributed by atoms with Gasteiger partial charge in [-0.05, 0) is 71.4 Å². The molecule has 3 aromatic heterocycles. The Morgan fingerprint density at radius 3 is 1.45 bits per heavy atom. The highest BCUT2D eigenvalue weighted by atomic mass is 16.3. The summed E-state index contributed by atoms with van der Waals surface area (Å²) in [4.78, 5) is 2.31. The summed E-state index contributed by atoms with van der Waals surface area (Å²) < 4.78 is 19.1. The standard InChI is InChI=1S/C40H23NO3/c1-2-10-27-24(9-1)21-33(40-39(27)30-13-5-8-16-36(30)44-40)41(25-17-19-37-31(22-25)28-11-3-6-14-34(28)42-37)26-18-20-38-32(23-26)29-12-4-7-15-35(29)43-38/h1-23H. The van der Waals surface area contributed by atoms with E-state index in [1.807, 2.05) is 36.4 Å². The molecule has 206 valence electrons. The predicted octanol–water partition coefficient (Wildman–Crippen LogP) is 12.0. The average molecular weight is 566 g/mol. The van der Waals surface area contributed by atoms with Gasteiger partial charge in [0.2, 0.25) is 0 Å². The van der Waals surface area contributed by atoms with Crippen LogP contribution in [0, 0.1) is 0 Å². The normalized spacial score (nSPS) is 12.1. The highest BCUT2D eigenvalue weighted by molar-refractivity contribution is 6.23. The Morgan fingerprint density at radius 1 is 0.364 bits per heavy atom. The maximum absolute atomic E-state index is 6.72. The molecule has 0 saturated heterocycles. The van der Waals surface area contributed by atoms with E-state index in [9.17, 15) is 0 Å². The van der Waals surface area contributed by atoms with Crippen molar-refractivity contribution >= 4 is 93.7 Å². The van der Waals surface area contributed by atoms with Crippen molar-refractivity contribution in [2.24, 2.45) is 0 Å². The van der Waals surface area contributed by atoms with Crippen LogP contribution in [0.3, 0.4) is 0 Å². The summed E-state index contributed by atoms with van der Waals surface area (Å²) in [5, 5.41) is 8.86. The molecular weight excluding hydrogens is 542 g/mol. The molecule has 3 heterocycles. The van der Waals surface area contributed by atoms with Crippen LogP contribution in [0.1, 0.15) is 0 Å². The summed E-state index contributed by atoms with van der Waals surface area (Å²) in [5.74, 6) is 0. The molecule has 0 bridgehead atoms. The van der Waals surface area contributed by atoms with Crippen LogP contribution >= 0.6 is 0 Å². The van der Waals surface area contributed by atoms with E-state index in [4.69, 9.17) is 13.3 Å². The fraction of sp³-hybridized carbons (Fsp3) is 0. The molecule has 0 aliphatic rings. The van der Waals surface area contributed by atoms with Crippen LogP contribution in [0.25, 0.3) is 76.6 Å². The Hall–Kier alpha value is -6.00. The number of hydrogen-bond acceptors (Lipinski definition) is 4. The first-order chi connectivity index (χ1) is 21.8. The molecule has 0 spiro atoms. The van der Waals surface area contributed by atoms with E-state index in [2.05, 4.69) is 108 Å². The van der Waals surface area contributed by atoms with Crippen molar-refractivity contribution in [2.75, 3.05) is 4.90 Å².